The van der Waals surface area contributed by atoms with E-state index < -0.39 is 0 Å². The molecular formula is C12H11NO3. The van der Waals surface area contributed by atoms with Crippen LogP contribution in [0, 0.1) is 0 Å². The summed E-state index contributed by atoms with van der Waals surface area (Å²) in [6.07, 6.45) is 3.38. The lowest BCUT2D eigenvalue weighted by molar-refractivity contribution is -0.139. The molecule has 1 aromatic heterocycles. The van der Waals surface area contributed by atoms with Crippen LogP contribution in [0.5, 0.6) is 5.75 Å². The summed E-state index contributed by atoms with van der Waals surface area (Å²) in [4.78, 5) is 15.2. The molecule has 0 aliphatic carbocycles. The average Bonchev–Trinajstić information content (AvgIpc) is 2.32. The molecule has 0 saturated carbocycles. The molecule has 0 unspecified atom stereocenters. The predicted octanol–water partition coefficient (Wildman–Crippen LogP) is 1.66. The number of methoxy groups -OCH3 is 1. The highest BCUT2D eigenvalue weighted by Crippen LogP contribution is 2.27. The van der Waals surface area contributed by atoms with Gasteiger partial charge in [0, 0.05) is 23.3 Å². The van der Waals surface area contributed by atoms with Gasteiger partial charge in [-0.2, -0.15) is 0 Å². The van der Waals surface area contributed by atoms with Crippen molar-refractivity contribution in [2.24, 2.45) is 0 Å². The number of fused-ring (bicyclic) bond motifs is 1. The summed E-state index contributed by atoms with van der Waals surface area (Å²) in [6, 6.07) is 5.09. The van der Waals surface area contributed by atoms with Gasteiger partial charge in [0.15, 0.2) is 0 Å². The van der Waals surface area contributed by atoms with E-state index in [9.17, 15) is 9.90 Å². The summed E-state index contributed by atoms with van der Waals surface area (Å²) in [5.74, 6) is -0.274. The van der Waals surface area contributed by atoms with Crippen molar-refractivity contribution in [3.63, 3.8) is 0 Å². The molecule has 2 aromatic rings. The second kappa shape index (κ2) is 4.18. The van der Waals surface area contributed by atoms with Gasteiger partial charge in [-0.05, 0) is 23.6 Å². The van der Waals surface area contributed by atoms with Crippen LogP contribution >= 0.6 is 0 Å². The summed E-state index contributed by atoms with van der Waals surface area (Å²) in [5, 5.41) is 11.4. The Bertz CT molecular complexity index is 537. The van der Waals surface area contributed by atoms with E-state index >= 15 is 0 Å². The van der Waals surface area contributed by atoms with Gasteiger partial charge in [0.25, 0.3) is 0 Å². The van der Waals surface area contributed by atoms with Gasteiger partial charge in [-0.15, -0.1) is 0 Å². The molecule has 0 saturated heterocycles. The third-order valence-electron chi connectivity index (χ3n) is 2.46. The van der Waals surface area contributed by atoms with Crippen LogP contribution in [-0.2, 0) is 16.0 Å². The molecule has 4 heteroatoms. The molecule has 0 aliphatic rings. The number of phenolic OH excluding ortho intramolecular Hbond substituents is 1. The van der Waals surface area contributed by atoms with Gasteiger partial charge in [0.1, 0.15) is 5.75 Å². The van der Waals surface area contributed by atoms with Crippen LogP contribution in [0.1, 0.15) is 5.56 Å². The number of esters is 1. The van der Waals surface area contributed by atoms with Crippen molar-refractivity contribution in [1.82, 2.24) is 4.98 Å². The lowest BCUT2D eigenvalue weighted by Gasteiger charge is -2.07. The molecule has 0 amide bonds. The molecule has 4 nitrogen and oxygen atoms in total. The van der Waals surface area contributed by atoms with Crippen molar-refractivity contribution in [2.45, 2.75) is 6.42 Å². The van der Waals surface area contributed by atoms with Gasteiger partial charge in [-0.25, -0.2) is 0 Å². The number of nitrogens with zero attached hydrogens (tertiary/aromatic N) is 1. The monoisotopic (exact) mass is 217 g/mol. The second-order valence-electron chi connectivity index (χ2n) is 3.41. The average molecular weight is 217 g/mol. The minimum absolute atomic E-state index is 0.0592. The highest BCUT2D eigenvalue weighted by atomic mass is 16.5. The number of rotatable bonds is 2. The first-order valence-electron chi connectivity index (χ1n) is 4.83. The third-order valence-corrected chi connectivity index (χ3v) is 2.46. The third kappa shape index (κ3) is 1.82. The van der Waals surface area contributed by atoms with E-state index in [-0.39, 0.29) is 18.1 Å². The molecule has 82 valence electrons. The Morgan fingerprint density at radius 3 is 3.00 bits per heavy atom. The van der Waals surface area contributed by atoms with Gasteiger partial charge >= 0.3 is 5.97 Å². The maximum Gasteiger partial charge on any atom is 0.310 e. The van der Waals surface area contributed by atoms with Crippen LogP contribution in [0.2, 0.25) is 0 Å². The molecule has 1 heterocycles. The summed E-state index contributed by atoms with van der Waals surface area (Å²) in [6.45, 7) is 0. The minimum Gasteiger partial charge on any atom is -0.508 e. The fourth-order valence-electron chi connectivity index (χ4n) is 1.62. The number of aromatic hydroxyl groups is 1. The molecule has 1 aromatic carbocycles. The molecule has 0 atom stereocenters. The number of hydrogen-bond acceptors (Lipinski definition) is 4. The number of ether oxygens (including phenoxy) is 1. The summed E-state index contributed by atoms with van der Waals surface area (Å²) < 4.78 is 4.59. The zero-order valence-electron chi connectivity index (χ0n) is 8.80. The van der Waals surface area contributed by atoms with Crippen molar-refractivity contribution in [1.29, 1.82) is 0 Å². The van der Waals surface area contributed by atoms with Crippen LogP contribution in [0.25, 0.3) is 10.8 Å². The van der Waals surface area contributed by atoms with Crippen LogP contribution in [0.3, 0.4) is 0 Å². The van der Waals surface area contributed by atoms with Crippen LogP contribution in [-0.4, -0.2) is 23.2 Å². The maximum absolute atomic E-state index is 11.2. The number of aromatic nitrogens is 1. The van der Waals surface area contributed by atoms with Gasteiger partial charge in [-0.1, -0.05) is 0 Å². The molecule has 0 radical (unpaired) electrons. The van der Waals surface area contributed by atoms with Crippen LogP contribution in [0.15, 0.2) is 30.6 Å². The van der Waals surface area contributed by atoms with E-state index in [0.717, 1.165) is 10.8 Å². The fraction of sp³-hybridized carbons (Fsp3) is 0.167. The van der Waals surface area contributed by atoms with Crippen molar-refractivity contribution in [3.05, 3.63) is 36.2 Å². The first-order valence-corrected chi connectivity index (χ1v) is 4.83. The molecule has 0 bridgehead atoms. The highest BCUT2D eigenvalue weighted by Gasteiger charge is 2.11. The fourth-order valence-corrected chi connectivity index (χ4v) is 1.62. The number of carbonyl (C=O) groups is 1. The summed E-state index contributed by atoms with van der Waals surface area (Å²) >= 11 is 0. The van der Waals surface area contributed by atoms with Gasteiger partial charge in [0.05, 0.1) is 13.5 Å². The quantitative estimate of drug-likeness (QED) is 0.777. The smallest absolute Gasteiger partial charge is 0.310 e. The van der Waals surface area contributed by atoms with Crippen LogP contribution < -0.4 is 0 Å². The normalized spacial score (nSPS) is 10.3. The lowest BCUT2D eigenvalue weighted by atomic mass is 10.0. The van der Waals surface area contributed by atoms with Gasteiger partial charge in [-0.3, -0.25) is 9.78 Å². The Morgan fingerprint density at radius 2 is 2.25 bits per heavy atom. The predicted molar refractivity (Wildman–Crippen MR) is 59.1 cm³/mol. The Kier molecular flexibility index (Phi) is 2.72. The van der Waals surface area contributed by atoms with Crippen LogP contribution in [0.4, 0.5) is 0 Å². The first-order chi connectivity index (χ1) is 7.72. The maximum atomic E-state index is 11.2. The molecule has 0 aliphatic heterocycles. The Labute approximate surface area is 92.5 Å². The molecule has 1 N–H and O–H groups in total. The Morgan fingerprint density at radius 1 is 1.44 bits per heavy atom. The van der Waals surface area contributed by atoms with Crippen molar-refractivity contribution in [3.8, 4) is 5.75 Å². The highest BCUT2D eigenvalue weighted by molar-refractivity contribution is 5.90. The minimum atomic E-state index is -0.375. The molecular weight excluding hydrogens is 206 g/mol. The number of phenols is 1. The van der Waals surface area contributed by atoms with E-state index in [0.29, 0.717) is 5.56 Å². The van der Waals surface area contributed by atoms with Crippen molar-refractivity contribution in [2.75, 3.05) is 7.11 Å². The number of benzene rings is 1. The molecule has 2 rings (SSSR count). The van der Waals surface area contributed by atoms with E-state index in [1.807, 2.05) is 0 Å². The summed E-state index contributed by atoms with van der Waals surface area (Å²) in [7, 11) is 1.33. The number of hydrogen-bond donors (Lipinski definition) is 1. The zero-order valence-corrected chi connectivity index (χ0v) is 8.80. The van der Waals surface area contributed by atoms with E-state index in [1.165, 1.54) is 7.11 Å². The zero-order chi connectivity index (χ0) is 11.5. The van der Waals surface area contributed by atoms with E-state index in [1.54, 1.807) is 30.6 Å². The SMILES string of the molecule is COC(=O)Cc1c(O)ccc2cnccc12. The Hall–Kier alpha value is -2.10. The van der Waals surface area contributed by atoms with Gasteiger partial charge < -0.3 is 9.84 Å². The molecule has 0 fully saturated rings. The molecule has 16 heavy (non-hydrogen) atoms. The number of pyridine rings is 1. The first kappa shape index (κ1) is 10.4. The van der Waals surface area contributed by atoms with Gasteiger partial charge in [0.2, 0.25) is 0 Å². The largest absolute Gasteiger partial charge is 0.508 e. The van der Waals surface area contributed by atoms with E-state index in [4.69, 9.17) is 0 Å². The lowest BCUT2D eigenvalue weighted by Crippen LogP contribution is -2.05. The standard InChI is InChI=1S/C12H11NO3/c1-16-12(15)6-10-9-4-5-13-7-8(9)2-3-11(10)14/h2-5,7,14H,6H2,1H3. The molecule has 0 spiro atoms. The van der Waals surface area contributed by atoms with E-state index in [2.05, 4.69) is 9.72 Å². The van der Waals surface area contributed by atoms with Crippen molar-refractivity contribution >= 4 is 16.7 Å². The van der Waals surface area contributed by atoms with Crippen molar-refractivity contribution < 1.29 is 14.6 Å². The number of carbonyl (C=O) groups excluding carboxylic acids is 1. The topological polar surface area (TPSA) is 59.4 Å². The summed E-state index contributed by atoms with van der Waals surface area (Å²) in [5.41, 5.74) is 0.576. The Balaban J connectivity index is 2.57. The second-order valence-corrected chi connectivity index (χ2v) is 3.41.